The normalized spacial score (nSPS) is 15.3. The lowest BCUT2D eigenvalue weighted by molar-refractivity contribution is -0.161. The second-order valence-electron chi connectivity index (χ2n) is 13.8. The molecule has 0 amide bonds. The number of aliphatic hydroxyl groups excluding tert-OH is 2. The van der Waals surface area contributed by atoms with E-state index in [1.54, 1.807) is 0 Å². The first-order chi connectivity index (χ1) is 27.6. The predicted octanol–water partition coefficient (Wildman–Crippen LogP) is 9.99. The fourth-order valence-corrected chi connectivity index (χ4v) is 5.97. The fraction of sp³-hybridized carbons (Fsp3) is 0.644. The van der Waals surface area contributed by atoms with Crippen molar-refractivity contribution in [1.29, 1.82) is 0 Å². The van der Waals surface area contributed by atoms with Crippen molar-refractivity contribution in [2.75, 3.05) is 26.4 Å². The van der Waals surface area contributed by atoms with Gasteiger partial charge in [-0.3, -0.25) is 18.6 Å². The van der Waals surface area contributed by atoms with E-state index in [9.17, 15) is 29.3 Å². The van der Waals surface area contributed by atoms with Gasteiger partial charge in [0, 0.05) is 19.4 Å². The van der Waals surface area contributed by atoms with E-state index in [1.807, 2.05) is 24.3 Å². The highest BCUT2D eigenvalue weighted by atomic mass is 31.2. The number of hydrogen-bond donors (Lipinski definition) is 4. The Bertz CT molecular complexity index is 1240. The van der Waals surface area contributed by atoms with Crippen molar-refractivity contribution in [3.05, 3.63) is 85.1 Å². The number of rotatable bonds is 38. The highest BCUT2D eigenvalue weighted by Crippen LogP contribution is 2.43. The SMILES string of the molecule is CC/C=C\C/C=C\C/C=C\C/C=C\C[C@@H](O)[C@H](O)CCCC(=O)O[C@H](COC(=O)CCC/C=C\C/C=C\C/C=C\CCCCCCCC)COP(=O)(O)OCCN. The number of unbranched alkanes of at least 4 members (excludes halogenated alkanes) is 7. The Morgan fingerprint density at radius 3 is 1.74 bits per heavy atom. The van der Waals surface area contributed by atoms with E-state index in [2.05, 4.69) is 74.6 Å². The van der Waals surface area contributed by atoms with E-state index >= 15 is 0 Å². The molecule has 0 aliphatic heterocycles. The lowest BCUT2D eigenvalue weighted by Gasteiger charge is -2.20. The Balaban J connectivity index is 4.52. The van der Waals surface area contributed by atoms with Gasteiger partial charge in [-0.05, 0) is 83.5 Å². The van der Waals surface area contributed by atoms with Crippen LogP contribution in [-0.4, -0.2) is 71.7 Å². The molecular weight excluding hydrogens is 745 g/mol. The van der Waals surface area contributed by atoms with Gasteiger partial charge in [0.25, 0.3) is 0 Å². The molecule has 12 heteroatoms. The van der Waals surface area contributed by atoms with Gasteiger partial charge in [0.1, 0.15) is 6.61 Å². The average Bonchev–Trinajstić information content (AvgIpc) is 3.19. The molecular formula is C45H76NO10P. The van der Waals surface area contributed by atoms with Gasteiger partial charge in [-0.15, -0.1) is 0 Å². The van der Waals surface area contributed by atoms with Crippen LogP contribution < -0.4 is 5.73 Å². The maximum atomic E-state index is 12.6. The Kier molecular flexibility index (Phi) is 37.9. The Morgan fingerprint density at radius 1 is 0.614 bits per heavy atom. The molecule has 5 N–H and O–H groups in total. The summed E-state index contributed by atoms with van der Waals surface area (Å²) >= 11 is 0. The molecule has 0 aromatic rings. The number of aliphatic hydroxyl groups is 2. The van der Waals surface area contributed by atoms with E-state index in [1.165, 1.54) is 38.5 Å². The molecule has 1 unspecified atom stereocenters. The predicted molar refractivity (Wildman–Crippen MR) is 231 cm³/mol. The van der Waals surface area contributed by atoms with Crippen molar-refractivity contribution >= 4 is 19.8 Å². The van der Waals surface area contributed by atoms with Crippen LogP contribution in [0, 0.1) is 0 Å². The Morgan fingerprint density at radius 2 is 1.14 bits per heavy atom. The van der Waals surface area contributed by atoms with E-state index in [0.717, 1.165) is 44.9 Å². The molecule has 4 atom stereocenters. The Labute approximate surface area is 344 Å². The van der Waals surface area contributed by atoms with Gasteiger partial charge >= 0.3 is 19.8 Å². The first-order valence-electron chi connectivity index (χ1n) is 21.2. The van der Waals surface area contributed by atoms with E-state index < -0.39 is 44.7 Å². The lowest BCUT2D eigenvalue weighted by Crippen LogP contribution is -2.30. The monoisotopic (exact) mass is 822 g/mol. The minimum absolute atomic E-state index is 0.00316. The first-order valence-corrected chi connectivity index (χ1v) is 22.7. The van der Waals surface area contributed by atoms with Crippen LogP contribution in [0.15, 0.2) is 85.1 Å². The molecule has 57 heavy (non-hydrogen) atoms. The summed E-state index contributed by atoms with van der Waals surface area (Å²) in [5.41, 5.74) is 5.32. The summed E-state index contributed by atoms with van der Waals surface area (Å²) in [4.78, 5) is 34.9. The van der Waals surface area contributed by atoms with Gasteiger partial charge in [-0.25, -0.2) is 4.57 Å². The molecule has 0 radical (unpaired) electrons. The maximum absolute atomic E-state index is 12.6. The number of hydrogen-bond acceptors (Lipinski definition) is 10. The zero-order chi connectivity index (χ0) is 42.1. The minimum Gasteiger partial charge on any atom is -0.462 e. The number of carbonyl (C=O) groups is 2. The number of esters is 2. The highest BCUT2D eigenvalue weighted by molar-refractivity contribution is 7.47. The molecule has 0 aliphatic carbocycles. The molecule has 0 fully saturated rings. The Hall–Kier alpha value is -2.89. The third-order valence-electron chi connectivity index (χ3n) is 8.47. The second-order valence-corrected chi connectivity index (χ2v) is 15.2. The number of carbonyl (C=O) groups excluding carboxylic acids is 2. The summed E-state index contributed by atoms with van der Waals surface area (Å²) in [5, 5.41) is 20.7. The molecule has 0 saturated heterocycles. The summed E-state index contributed by atoms with van der Waals surface area (Å²) in [6, 6.07) is 0. The van der Waals surface area contributed by atoms with Gasteiger partial charge < -0.3 is 30.3 Å². The van der Waals surface area contributed by atoms with E-state index in [4.69, 9.17) is 24.3 Å². The maximum Gasteiger partial charge on any atom is 0.472 e. The molecule has 0 bridgehead atoms. The number of ether oxygens (including phenoxy) is 2. The molecule has 0 aromatic carbocycles. The van der Waals surface area contributed by atoms with Gasteiger partial charge in [0.2, 0.25) is 0 Å². The molecule has 0 aliphatic rings. The minimum atomic E-state index is -4.48. The number of allylic oxidation sites excluding steroid dienone is 13. The first kappa shape index (κ1) is 54.1. The lowest BCUT2D eigenvalue weighted by atomic mass is 10.0. The summed E-state index contributed by atoms with van der Waals surface area (Å²) in [6.07, 6.45) is 42.3. The highest BCUT2D eigenvalue weighted by Gasteiger charge is 2.26. The topological polar surface area (TPSA) is 175 Å². The van der Waals surface area contributed by atoms with Crippen molar-refractivity contribution in [3.8, 4) is 0 Å². The van der Waals surface area contributed by atoms with E-state index in [0.29, 0.717) is 12.8 Å². The van der Waals surface area contributed by atoms with Crippen LogP contribution in [0.2, 0.25) is 0 Å². The standard InChI is InChI=1S/C45H76NO10P/c1-3-5-7-9-11-13-15-17-18-19-20-21-23-25-27-29-31-35-44(49)53-39-41(40-55-57(51,52)54-38-37-46)56-45(50)36-32-34-43(48)42(47)33-30-28-26-24-22-16-14-12-10-8-6-4-2/h6,8,12,14,17-18,20-22,24-25,27-28,30,41-43,47-48H,3-5,7,9-11,13,15-16,19,23,26,29,31-40,46H2,1-2H3,(H,51,52)/b8-6-,14-12-,18-17-,21-20-,24-22-,27-25-,30-28-/t41-,42-,43-/m1/s1. The van der Waals surface area contributed by atoms with Crippen molar-refractivity contribution in [3.63, 3.8) is 0 Å². The summed E-state index contributed by atoms with van der Waals surface area (Å²) in [5.74, 6) is -1.19. The van der Waals surface area contributed by atoms with Crippen LogP contribution in [0.1, 0.15) is 142 Å². The van der Waals surface area contributed by atoms with Gasteiger partial charge in [0.15, 0.2) is 6.10 Å². The van der Waals surface area contributed by atoms with Crippen molar-refractivity contribution in [2.24, 2.45) is 5.73 Å². The van der Waals surface area contributed by atoms with Crippen LogP contribution in [0.5, 0.6) is 0 Å². The largest absolute Gasteiger partial charge is 0.472 e. The van der Waals surface area contributed by atoms with Crippen molar-refractivity contribution < 1.29 is 47.8 Å². The average molecular weight is 822 g/mol. The zero-order valence-electron chi connectivity index (χ0n) is 35.0. The fourth-order valence-electron chi connectivity index (χ4n) is 5.21. The van der Waals surface area contributed by atoms with Gasteiger partial charge in [0.05, 0.1) is 25.4 Å². The quantitative estimate of drug-likeness (QED) is 0.0202. The van der Waals surface area contributed by atoms with Crippen LogP contribution in [0.25, 0.3) is 0 Å². The van der Waals surface area contributed by atoms with Crippen LogP contribution in [0.4, 0.5) is 0 Å². The molecule has 11 nitrogen and oxygen atoms in total. The number of phosphoric ester groups is 1. The van der Waals surface area contributed by atoms with Gasteiger partial charge in [-0.2, -0.15) is 0 Å². The third-order valence-corrected chi connectivity index (χ3v) is 9.45. The molecule has 0 spiro atoms. The van der Waals surface area contributed by atoms with Gasteiger partial charge in [-0.1, -0.05) is 131 Å². The summed E-state index contributed by atoms with van der Waals surface area (Å²) < 4.78 is 32.5. The van der Waals surface area contributed by atoms with E-state index in [-0.39, 0.29) is 51.9 Å². The number of nitrogens with two attached hydrogens (primary N) is 1. The molecule has 0 saturated carbocycles. The third kappa shape index (κ3) is 38.4. The molecule has 0 heterocycles. The van der Waals surface area contributed by atoms with Crippen LogP contribution in [-0.2, 0) is 32.7 Å². The summed E-state index contributed by atoms with van der Waals surface area (Å²) in [6.45, 7) is 3.18. The molecule has 0 rings (SSSR count). The van der Waals surface area contributed by atoms with Crippen molar-refractivity contribution in [1.82, 2.24) is 0 Å². The van der Waals surface area contributed by atoms with Crippen molar-refractivity contribution in [2.45, 2.75) is 161 Å². The second kappa shape index (κ2) is 39.9. The van der Waals surface area contributed by atoms with Crippen LogP contribution >= 0.6 is 7.82 Å². The van der Waals surface area contributed by atoms with Crippen LogP contribution in [0.3, 0.4) is 0 Å². The molecule has 0 aromatic heterocycles. The molecule has 326 valence electrons. The smallest absolute Gasteiger partial charge is 0.462 e. The number of phosphoric acid groups is 1. The zero-order valence-corrected chi connectivity index (χ0v) is 35.9. The summed E-state index contributed by atoms with van der Waals surface area (Å²) in [7, 11) is -4.48.